The topological polar surface area (TPSA) is 26.3 Å². The molecule has 0 aromatic heterocycles. The fourth-order valence-electron chi connectivity index (χ4n) is 0.908. The molecule has 0 saturated heterocycles. The molecule has 0 amide bonds. The molecule has 0 aromatic rings. The van der Waals surface area contributed by atoms with Gasteiger partial charge in [-0.15, -0.1) is 0 Å². The van der Waals surface area contributed by atoms with Crippen LogP contribution >= 0.6 is 0 Å². The van der Waals surface area contributed by atoms with Gasteiger partial charge in [0, 0.05) is 0 Å². The number of carbonyl (C=O) groups excluding carboxylic acids is 1. The molecule has 84 valence electrons. The fourth-order valence-corrected chi connectivity index (χ4v) is 1.94. The second kappa shape index (κ2) is 7.30. The van der Waals surface area contributed by atoms with Crippen molar-refractivity contribution in [3.63, 3.8) is 0 Å². The van der Waals surface area contributed by atoms with Crippen molar-refractivity contribution < 1.29 is 9.53 Å². The van der Waals surface area contributed by atoms with Gasteiger partial charge in [-0.05, 0) is 0 Å². The number of carbonyl (C=O) groups is 1. The van der Waals surface area contributed by atoms with E-state index < -0.39 is 0 Å². The zero-order valence-corrected chi connectivity index (χ0v) is 11.5. The van der Waals surface area contributed by atoms with Gasteiger partial charge in [0.25, 0.3) is 0 Å². The average molecular weight is 265 g/mol. The molecule has 0 rings (SSSR count). The van der Waals surface area contributed by atoms with Gasteiger partial charge in [0.15, 0.2) is 0 Å². The molecule has 0 spiro atoms. The van der Waals surface area contributed by atoms with E-state index in [2.05, 4.69) is 27.7 Å². The molecule has 0 aromatic carbocycles. The first kappa shape index (κ1) is 14.0. The molecule has 2 nitrogen and oxygen atoms in total. The Morgan fingerprint density at radius 3 is 2.50 bits per heavy atom. The van der Waals surface area contributed by atoms with E-state index in [0.29, 0.717) is 28.0 Å². The first-order valence-electron chi connectivity index (χ1n) is 5.19. The zero-order chi connectivity index (χ0) is 11.0. The van der Waals surface area contributed by atoms with Crippen LogP contribution in [0, 0.1) is 5.41 Å². The Kier molecular flexibility index (Phi) is 7.30. The van der Waals surface area contributed by atoms with Crippen molar-refractivity contribution >= 4 is 20.9 Å². The molecule has 0 aliphatic carbocycles. The minimum absolute atomic E-state index is 0.0353. The van der Waals surface area contributed by atoms with Crippen molar-refractivity contribution in [2.45, 2.75) is 51.2 Å². The SMILES string of the molecule is CC[Se]CCOC(=O)CCC(C)(C)C. The van der Waals surface area contributed by atoms with E-state index >= 15 is 0 Å². The molecule has 14 heavy (non-hydrogen) atoms. The Labute approximate surface area is 93.9 Å². The molecule has 0 aliphatic rings. The van der Waals surface area contributed by atoms with Gasteiger partial charge < -0.3 is 0 Å². The van der Waals surface area contributed by atoms with Crippen molar-refractivity contribution in [3.8, 4) is 0 Å². The predicted octanol–water partition coefficient (Wildman–Crippen LogP) is 2.92. The van der Waals surface area contributed by atoms with Crippen molar-refractivity contribution in [2.75, 3.05) is 6.61 Å². The zero-order valence-electron chi connectivity index (χ0n) is 9.76. The second-order valence-corrected chi connectivity index (χ2v) is 7.40. The van der Waals surface area contributed by atoms with Gasteiger partial charge in [0.1, 0.15) is 0 Å². The summed E-state index contributed by atoms with van der Waals surface area (Å²) in [4.78, 5) is 11.2. The van der Waals surface area contributed by atoms with Crippen molar-refractivity contribution in [1.82, 2.24) is 0 Å². The van der Waals surface area contributed by atoms with E-state index in [-0.39, 0.29) is 11.4 Å². The summed E-state index contributed by atoms with van der Waals surface area (Å²) in [6.45, 7) is 9.21. The Balaban J connectivity index is 3.38. The van der Waals surface area contributed by atoms with Crippen molar-refractivity contribution in [3.05, 3.63) is 0 Å². The Hall–Kier alpha value is -0.0105. The summed E-state index contributed by atoms with van der Waals surface area (Å²) in [7, 11) is 0. The monoisotopic (exact) mass is 266 g/mol. The molecular formula is C11H22O2Se. The summed E-state index contributed by atoms with van der Waals surface area (Å²) in [6.07, 6.45) is 1.47. The molecular weight excluding hydrogens is 243 g/mol. The Bertz CT molecular complexity index is 161. The van der Waals surface area contributed by atoms with E-state index in [1.54, 1.807) is 0 Å². The van der Waals surface area contributed by atoms with Gasteiger partial charge in [-0.2, -0.15) is 0 Å². The number of hydrogen-bond acceptors (Lipinski definition) is 2. The maximum absolute atomic E-state index is 11.2. The Morgan fingerprint density at radius 1 is 1.36 bits per heavy atom. The van der Waals surface area contributed by atoms with E-state index in [0.717, 1.165) is 11.7 Å². The van der Waals surface area contributed by atoms with E-state index in [4.69, 9.17) is 4.74 Å². The molecule has 0 unspecified atom stereocenters. The standard InChI is InChI=1S/C11H22O2Se/c1-5-14-9-8-13-10(12)6-7-11(2,3)4/h5-9H2,1-4H3. The van der Waals surface area contributed by atoms with Gasteiger partial charge in [-0.25, -0.2) is 0 Å². The van der Waals surface area contributed by atoms with Gasteiger partial charge in [0.05, 0.1) is 0 Å². The van der Waals surface area contributed by atoms with Crippen LogP contribution in [-0.2, 0) is 9.53 Å². The van der Waals surface area contributed by atoms with Crippen LogP contribution in [0.15, 0.2) is 0 Å². The van der Waals surface area contributed by atoms with E-state index in [9.17, 15) is 4.79 Å². The molecule has 0 heterocycles. The molecule has 0 fully saturated rings. The summed E-state index contributed by atoms with van der Waals surface area (Å²) in [5.74, 6) is -0.0353. The third kappa shape index (κ3) is 10.1. The minimum atomic E-state index is -0.0353. The first-order valence-corrected chi connectivity index (χ1v) is 7.61. The second-order valence-electron chi connectivity index (χ2n) is 4.48. The van der Waals surface area contributed by atoms with Gasteiger partial charge in [-0.3, -0.25) is 0 Å². The van der Waals surface area contributed by atoms with Crippen LogP contribution in [0.1, 0.15) is 40.5 Å². The normalized spacial score (nSPS) is 11.4. The summed E-state index contributed by atoms with van der Waals surface area (Å²) in [5.41, 5.74) is 0.229. The van der Waals surface area contributed by atoms with Crippen molar-refractivity contribution in [1.29, 1.82) is 0 Å². The molecule has 3 heteroatoms. The third-order valence-electron chi connectivity index (χ3n) is 1.77. The first-order chi connectivity index (χ1) is 6.45. The number of ether oxygens (including phenoxy) is 1. The van der Waals surface area contributed by atoms with E-state index in [1.807, 2.05) is 0 Å². The molecule has 0 aliphatic heterocycles. The summed E-state index contributed by atoms with van der Waals surface area (Å²) >= 11 is 0.657. The summed E-state index contributed by atoms with van der Waals surface area (Å²) < 4.78 is 5.12. The van der Waals surface area contributed by atoms with E-state index in [1.165, 1.54) is 5.32 Å². The third-order valence-corrected chi connectivity index (χ3v) is 3.59. The number of hydrogen-bond donors (Lipinski definition) is 0. The maximum atomic E-state index is 11.2. The van der Waals surface area contributed by atoms with Crippen LogP contribution < -0.4 is 0 Å². The van der Waals surface area contributed by atoms with Gasteiger partial charge >= 0.3 is 93.7 Å². The Morgan fingerprint density at radius 2 is 2.00 bits per heavy atom. The molecule has 0 atom stereocenters. The van der Waals surface area contributed by atoms with Crippen LogP contribution in [-0.4, -0.2) is 27.5 Å². The summed E-state index contributed by atoms with van der Waals surface area (Å²) in [5, 5.41) is 2.29. The van der Waals surface area contributed by atoms with Crippen molar-refractivity contribution in [2.24, 2.45) is 5.41 Å². The average Bonchev–Trinajstić information content (AvgIpc) is 2.08. The van der Waals surface area contributed by atoms with Gasteiger partial charge in [-0.1, -0.05) is 0 Å². The van der Waals surface area contributed by atoms with Crippen LogP contribution in [0.4, 0.5) is 0 Å². The van der Waals surface area contributed by atoms with Crippen LogP contribution in [0.2, 0.25) is 10.6 Å². The quantitative estimate of drug-likeness (QED) is 0.419. The molecule has 0 N–H and O–H groups in total. The van der Waals surface area contributed by atoms with Crippen LogP contribution in [0.3, 0.4) is 0 Å². The predicted molar refractivity (Wildman–Crippen MR) is 60.7 cm³/mol. The molecule has 0 bridgehead atoms. The summed E-state index contributed by atoms with van der Waals surface area (Å²) in [6, 6.07) is 0. The van der Waals surface area contributed by atoms with Crippen LogP contribution in [0.5, 0.6) is 0 Å². The molecule has 0 radical (unpaired) electrons. The van der Waals surface area contributed by atoms with Gasteiger partial charge in [0.2, 0.25) is 0 Å². The van der Waals surface area contributed by atoms with Crippen LogP contribution in [0.25, 0.3) is 0 Å². The number of esters is 1. The number of rotatable bonds is 6. The molecule has 0 saturated carbocycles. The fraction of sp³-hybridized carbons (Fsp3) is 0.909.